The second kappa shape index (κ2) is 10.2. The van der Waals surface area contributed by atoms with Gasteiger partial charge >= 0.3 is 5.97 Å². The minimum absolute atomic E-state index is 0.0320. The summed E-state index contributed by atoms with van der Waals surface area (Å²) in [6.45, 7) is 0. The van der Waals surface area contributed by atoms with Crippen LogP contribution in [0.4, 0.5) is 5.69 Å². The van der Waals surface area contributed by atoms with Crippen LogP contribution in [0.25, 0.3) is 0 Å². The Bertz CT molecular complexity index is 1090. The zero-order valence-corrected chi connectivity index (χ0v) is 20.0. The lowest BCUT2D eigenvalue weighted by atomic mass is 9.89. The van der Waals surface area contributed by atoms with Crippen LogP contribution >= 0.6 is 0 Å². The molecular weight excluding hydrogens is 444 g/mol. The number of nitrogens with zero attached hydrogens (tertiary/aromatic N) is 1. The average molecular weight is 475 g/mol. The van der Waals surface area contributed by atoms with E-state index in [4.69, 9.17) is 9.47 Å². The predicted molar refractivity (Wildman–Crippen MR) is 125 cm³/mol. The standard InChI is InChI=1S/C24H30N2O6S/c1-26(20-10-6-7-11-21(20)31-2)33(29,30)19-14-12-18(13-15-19)22(27)25-24(23(28)32-3)16-8-4-5-9-17-24/h6-7,10-15H,4-5,8-9,16-17H2,1-3H3,(H,25,27). The zero-order chi connectivity index (χ0) is 24.1. The first kappa shape index (κ1) is 24.6. The number of esters is 1. The van der Waals surface area contributed by atoms with Crippen LogP contribution in [-0.4, -0.2) is 47.1 Å². The summed E-state index contributed by atoms with van der Waals surface area (Å²) in [6.07, 6.45) is 4.68. The first-order valence-corrected chi connectivity index (χ1v) is 12.3. The molecule has 0 spiro atoms. The van der Waals surface area contributed by atoms with E-state index in [-0.39, 0.29) is 10.5 Å². The molecule has 1 aliphatic carbocycles. The molecule has 178 valence electrons. The fourth-order valence-electron chi connectivity index (χ4n) is 4.15. The van der Waals surface area contributed by atoms with Gasteiger partial charge in [0.1, 0.15) is 11.3 Å². The Morgan fingerprint density at radius 1 is 0.939 bits per heavy atom. The number of sulfonamides is 1. The molecular formula is C24H30N2O6S. The maximum absolute atomic E-state index is 13.1. The van der Waals surface area contributed by atoms with Gasteiger partial charge in [0.25, 0.3) is 15.9 Å². The van der Waals surface area contributed by atoms with Crippen LogP contribution in [0.1, 0.15) is 48.9 Å². The molecule has 33 heavy (non-hydrogen) atoms. The van der Waals surface area contributed by atoms with E-state index in [1.165, 1.54) is 45.5 Å². The molecule has 8 nitrogen and oxygen atoms in total. The van der Waals surface area contributed by atoms with Crippen LogP contribution in [0.15, 0.2) is 53.4 Å². The fourth-order valence-corrected chi connectivity index (χ4v) is 5.36. The van der Waals surface area contributed by atoms with Crippen LogP contribution in [0.2, 0.25) is 0 Å². The molecule has 0 unspecified atom stereocenters. The van der Waals surface area contributed by atoms with Gasteiger partial charge in [-0.3, -0.25) is 9.10 Å². The van der Waals surface area contributed by atoms with Crippen molar-refractivity contribution in [2.75, 3.05) is 25.6 Å². The van der Waals surface area contributed by atoms with Crippen LogP contribution in [-0.2, 0) is 19.6 Å². The zero-order valence-electron chi connectivity index (χ0n) is 19.2. The molecule has 1 fully saturated rings. The maximum atomic E-state index is 13.1. The van der Waals surface area contributed by atoms with Crippen LogP contribution < -0.4 is 14.4 Å². The molecule has 0 aromatic heterocycles. The maximum Gasteiger partial charge on any atom is 0.331 e. The largest absolute Gasteiger partial charge is 0.495 e. The van der Waals surface area contributed by atoms with Crippen LogP contribution in [0, 0.1) is 0 Å². The number of rotatable bonds is 7. The lowest BCUT2D eigenvalue weighted by Gasteiger charge is -2.31. The molecule has 1 N–H and O–H groups in total. The number of anilines is 1. The summed E-state index contributed by atoms with van der Waals surface area (Å²) in [6, 6.07) is 12.5. The predicted octanol–water partition coefficient (Wildman–Crippen LogP) is 3.52. The van der Waals surface area contributed by atoms with E-state index in [0.717, 1.165) is 30.0 Å². The summed E-state index contributed by atoms with van der Waals surface area (Å²) < 4.78 is 37.6. The third kappa shape index (κ3) is 5.13. The Morgan fingerprint density at radius 2 is 1.55 bits per heavy atom. The third-order valence-corrected chi connectivity index (χ3v) is 7.87. The summed E-state index contributed by atoms with van der Waals surface area (Å²) in [5.41, 5.74) is -0.395. The highest BCUT2D eigenvalue weighted by Crippen LogP contribution is 2.31. The molecule has 2 aromatic carbocycles. The highest BCUT2D eigenvalue weighted by molar-refractivity contribution is 7.92. The molecule has 0 heterocycles. The molecule has 3 rings (SSSR count). The van der Waals surface area contributed by atoms with E-state index < -0.39 is 27.4 Å². The SMILES string of the molecule is COC(=O)C1(NC(=O)c2ccc(S(=O)(=O)N(C)c3ccccc3OC)cc2)CCCCCC1. The average Bonchev–Trinajstić information content (AvgIpc) is 3.09. The number of methoxy groups -OCH3 is 2. The van der Waals surface area contributed by atoms with Crippen molar-refractivity contribution in [1.29, 1.82) is 0 Å². The Labute approximate surface area is 194 Å². The Balaban J connectivity index is 1.82. The van der Waals surface area contributed by atoms with Crippen LogP contribution in [0.5, 0.6) is 5.75 Å². The Kier molecular flexibility index (Phi) is 7.63. The first-order valence-electron chi connectivity index (χ1n) is 10.9. The van der Waals surface area contributed by atoms with E-state index >= 15 is 0 Å². The number of carbonyl (C=O) groups is 2. The minimum atomic E-state index is -3.88. The molecule has 0 bridgehead atoms. The topological polar surface area (TPSA) is 102 Å². The molecule has 2 aromatic rings. The molecule has 0 aliphatic heterocycles. The van der Waals surface area contributed by atoms with Gasteiger partial charge in [0, 0.05) is 12.6 Å². The first-order chi connectivity index (χ1) is 15.7. The van der Waals surface area contributed by atoms with E-state index in [0.29, 0.717) is 24.3 Å². The molecule has 1 saturated carbocycles. The molecule has 0 saturated heterocycles. The van der Waals surface area contributed by atoms with Gasteiger partial charge in [-0.15, -0.1) is 0 Å². The second-order valence-corrected chi connectivity index (χ2v) is 10.1. The summed E-state index contributed by atoms with van der Waals surface area (Å²) in [7, 11) is 0.356. The highest BCUT2D eigenvalue weighted by Gasteiger charge is 2.41. The normalized spacial score (nSPS) is 15.7. The summed E-state index contributed by atoms with van der Waals surface area (Å²) >= 11 is 0. The highest BCUT2D eigenvalue weighted by atomic mass is 32.2. The van der Waals surface area contributed by atoms with E-state index in [2.05, 4.69) is 5.32 Å². The molecule has 0 radical (unpaired) electrons. The van der Waals surface area contributed by atoms with Crippen molar-refractivity contribution in [3.63, 3.8) is 0 Å². The fraction of sp³-hybridized carbons (Fsp3) is 0.417. The van der Waals surface area contributed by atoms with Crippen molar-refractivity contribution in [2.24, 2.45) is 0 Å². The summed E-state index contributed by atoms with van der Waals surface area (Å²) in [5, 5.41) is 2.87. The van der Waals surface area contributed by atoms with Crippen molar-refractivity contribution >= 4 is 27.6 Å². The Morgan fingerprint density at radius 3 is 2.12 bits per heavy atom. The van der Waals surface area contributed by atoms with Crippen molar-refractivity contribution in [3.05, 3.63) is 54.1 Å². The minimum Gasteiger partial charge on any atom is -0.495 e. The summed E-state index contributed by atoms with van der Waals surface area (Å²) in [5.74, 6) is -0.462. The monoisotopic (exact) mass is 474 g/mol. The van der Waals surface area contributed by atoms with E-state index in [9.17, 15) is 18.0 Å². The van der Waals surface area contributed by atoms with Gasteiger partial charge in [-0.2, -0.15) is 0 Å². The molecule has 0 atom stereocenters. The number of carbonyl (C=O) groups excluding carboxylic acids is 2. The van der Waals surface area contributed by atoms with Gasteiger partial charge in [0.15, 0.2) is 0 Å². The number of amides is 1. The summed E-state index contributed by atoms with van der Waals surface area (Å²) in [4.78, 5) is 25.5. The molecule has 9 heteroatoms. The number of nitrogens with one attached hydrogen (secondary N) is 1. The van der Waals surface area contributed by atoms with Gasteiger partial charge in [-0.25, -0.2) is 13.2 Å². The van der Waals surface area contributed by atoms with Crippen molar-refractivity contribution in [3.8, 4) is 5.75 Å². The second-order valence-electron chi connectivity index (χ2n) is 8.11. The third-order valence-electron chi connectivity index (χ3n) is 6.09. The van der Waals surface area contributed by atoms with Gasteiger partial charge < -0.3 is 14.8 Å². The van der Waals surface area contributed by atoms with E-state index in [1.807, 2.05) is 0 Å². The Hall–Kier alpha value is -3.07. The van der Waals surface area contributed by atoms with Crippen molar-refractivity contribution < 1.29 is 27.5 Å². The number of benzene rings is 2. The van der Waals surface area contributed by atoms with E-state index in [1.54, 1.807) is 24.3 Å². The number of ether oxygens (including phenoxy) is 2. The number of hydrogen-bond acceptors (Lipinski definition) is 6. The van der Waals surface area contributed by atoms with Gasteiger partial charge in [-0.1, -0.05) is 37.8 Å². The van der Waals surface area contributed by atoms with Crippen molar-refractivity contribution in [1.82, 2.24) is 5.32 Å². The lowest BCUT2D eigenvalue weighted by Crippen LogP contribution is -2.54. The van der Waals surface area contributed by atoms with Gasteiger partial charge in [0.2, 0.25) is 0 Å². The number of para-hydroxylation sites is 2. The van der Waals surface area contributed by atoms with Gasteiger partial charge in [-0.05, 0) is 49.2 Å². The smallest absolute Gasteiger partial charge is 0.331 e. The lowest BCUT2D eigenvalue weighted by molar-refractivity contribution is -0.148. The van der Waals surface area contributed by atoms with Gasteiger partial charge in [0.05, 0.1) is 24.8 Å². The van der Waals surface area contributed by atoms with Crippen molar-refractivity contribution in [2.45, 2.75) is 49.0 Å². The number of hydrogen-bond donors (Lipinski definition) is 1. The van der Waals surface area contributed by atoms with Crippen LogP contribution in [0.3, 0.4) is 0 Å². The molecule has 1 amide bonds. The quantitative estimate of drug-likeness (QED) is 0.487. The molecule has 1 aliphatic rings.